The first-order valence-corrected chi connectivity index (χ1v) is 6.54. The second kappa shape index (κ2) is 5.34. The van der Waals surface area contributed by atoms with Crippen LogP contribution in [0, 0.1) is 5.92 Å². The number of likely N-dealkylation sites (tertiary alicyclic amines) is 2. The number of carbonyl (C=O) groups is 2. The molecule has 7 nitrogen and oxygen atoms in total. The third-order valence-electron chi connectivity index (χ3n) is 4.13. The van der Waals surface area contributed by atoms with E-state index in [0.29, 0.717) is 6.54 Å². The summed E-state index contributed by atoms with van der Waals surface area (Å²) in [5.41, 5.74) is 0. The minimum atomic E-state index is -1.10. The molecule has 2 heterocycles. The molecule has 0 aromatic rings. The van der Waals surface area contributed by atoms with Gasteiger partial charge in [-0.25, -0.2) is 9.59 Å². The van der Waals surface area contributed by atoms with E-state index in [9.17, 15) is 19.8 Å². The Hall–Kier alpha value is -1.34. The molecule has 108 valence electrons. The van der Waals surface area contributed by atoms with Gasteiger partial charge in [0.2, 0.25) is 0 Å². The van der Waals surface area contributed by atoms with E-state index >= 15 is 0 Å². The monoisotopic (exact) mass is 272 g/mol. The van der Waals surface area contributed by atoms with Crippen LogP contribution in [0.4, 0.5) is 4.79 Å². The van der Waals surface area contributed by atoms with Crippen molar-refractivity contribution >= 4 is 12.0 Å². The molecule has 3 unspecified atom stereocenters. The molecule has 0 bridgehead atoms. The van der Waals surface area contributed by atoms with E-state index in [1.54, 1.807) is 0 Å². The summed E-state index contributed by atoms with van der Waals surface area (Å²) >= 11 is 0. The molecule has 0 aliphatic carbocycles. The van der Waals surface area contributed by atoms with Crippen LogP contribution >= 0.6 is 0 Å². The molecule has 0 aromatic carbocycles. The van der Waals surface area contributed by atoms with Gasteiger partial charge in [0.25, 0.3) is 0 Å². The van der Waals surface area contributed by atoms with E-state index in [4.69, 9.17) is 5.11 Å². The molecule has 2 aliphatic rings. The summed E-state index contributed by atoms with van der Waals surface area (Å²) in [6, 6.07) is -1.63. The Morgan fingerprint density at radius 2 is 2.00 bits per heavy atom. The van der Waals surface area contributed by atoms with Gasteiger partial charge in [-0.05, 0) is 12.3 Å². The fourth-order valence-electron chi connectivity index (χ4n) is 2.95. The van der Waals surface area contributed by atoms with E-state index in [0.717, 1.165) is 6.42 Å². The van der Waals surface area contributed by atoms with Crippen LogP contribution in [0.5, 0.6) is 0 Å². The highest BCUT2D eigenvalue weighted by Gasteiger charge is 2.44. The number of carboxylic acids is 1. The van der Waals surface area contributed by atoms with Gasteiger partial charge in [0.15, 0.2) is 0 Å². The molecule has 2 fully saturated rings. The lowest BCUT2D eigenvalue weighted by atomic mass is 10.0. The maximum Gasteiger partial charge on any atom is 0.326 e. The van der Waals surface area contributed by atoms with Crippen molar-refractivity contribution in [1.82, 2.24) is 9.80 Å². The second-order valence-corrected chi connectivity index (χ2v) is 5.39. The molecule has 0 saturated carbocycles. The Bertz CT molecular complexity index is 375. The third-order valence-corrected chi connectivity index (χ3v) is 4.13. The van der Waals surface area contributed by atoms with Crippen molar-refractivity contribution in [3.05, 3.63) is 0 Å². The first kappa shape index (κ1) is 14.1. The number of carboxylic acid groups (broad SMARTS) is 1. The van der Waals surface area contributed by atoms with Crippen LogP contribution < -0.4 is 0 Å². The predicted octanol–water partition coefficient (Wildman–Crippen LogP) is -0.671. The lowest BCUT2D eigenvalue weighted by Gasteiger charge is -2.31. The van der Waals surface area contributed by atoms with Gasteiger partial charge in [0, 0.05) is 19.5 Å². The quantitative estimate of drug-likeness (QED) is 0.619. The SMILES string of the molecule is CC1CCN(C(=O)N2CC(O)C[C@H]2C(=O)O)C1CO. The Morgan fingerprint density at radius 3 is 2.58 bits per heavy atom. The summed E-state index contributed by atoms with van der Waals surface area (Å²) in [6.45, 7) is 2.39. The molecular weight excluding hydrogens is 252 g/mol. The zero-order chi connectivity index (χ0) is 14.2. The molecule has 19 heavy (non-hydrogen) atoms. The zero-order valence-corrected chi connectivity index (χ0v) is 10.9. The van der Waals surface area contributed by atoms with Crippen molar-refractivity contribution in [1.29, 1.82) is 0 Å². The average molecular weight is 272 g/mol. The van der Waals surface area contributed by atoms with Crippen molar-refractivity contribution in [3.63, 3.8) is 0 Å². The van der Waals surface area contributed by atoms with Gasteiger partial charge in [-0.2, -0.15) is 0 Å². The number of β-amino-alcohol motifs (C(OH)–C–C–N with tert-alkyl or cyclic N) is 1. The van der Waals surface area contributed by atoms with E-state index in [1.165, 1.54) is 9.80 Å². The number of aliphatic hydroxyl groups is 2. The summed E-state index contributed by atoms with van der Waals surface area (Å²) in [4.78, 5) is 26.2. The van der Waals surface area contributed by atoms with Crippen LogP contribution in [-0.4, -0.2) is 75.0 Å². The normalized spacial score (nSPS) is 34.9. The molecule has 2 amide bonds. The number of rotatable bonds is 2. The largest absolute Gasteiger partial charge is 0.480 e. The number of hydrogen-bond acceptors (Lipinski definition) is 4. The number of nitrogens with zero attached hydrogens (tertiary/aromatic N) is 2. The number of amides is 2. The van der Waals surface area contributed by atoms with Crippen LogP contribution in [0.25, 0.3) is 0 Å². The molecule has 4 atom stereocenters. The highest BCUT2D eigenvalue weighted by atomic mass is 16.4. The molecule has 2 saturated heterocycles. The summed E-state index contributed by atoms with van der Waals surface area (Å²) in [6.07, 6.45) is 0.0666. The van der Waals surface area contributed by atoms with E-state index in [-0.39, 0.29) is 31.5 Å². The first-order valence-electron chi connectivity index (χ1n) is 6.54. The minimum absolute atomic E-state index is 0.0405. The predicted molar refractivity (Wildman–Crippen MR) is 65.5 cm³/mol. The molecule has 2 rings (SSSR count). The fourth-order valence-corrected chi connectivity index (χ4v) is 2.95. The number of hydrogen-bond donors (Lipinski definition) is 3. The second-order valence-electron chi connectivity index (χ2n) is 5.39. The van der Waals surface area contributed by atoms with Gasteiger partial charge in [-0.15, -0.1) is 0 Å². The van der Waals surface area contributed by atoms with Crippen LogP contribution in [0.3, 0.4) is 0 Å². The van der Waals surface area contributed by atoms with E-state index in [1.807, 2.05) is 6.92 Å². The summed E-state index contributed by atoms with van der Waals surface area (Å²) in [5, 5.41) is 28.0. The molecule has 2 aliphatic heterocycles. The Morgan fingerprint density at radius 1 is 1.32 bits per heavy atom. The highest BCUT2D eigenvalue weighted by molar-refractivity contribution is 5.84. The van der Waals surface area contributed by atoms with Gasteiger partial charge >= 0.3 is 12.0 Å². The molecular formula is C12H20N2O5. The van der Waals surface area contributed by atoms with E-state index < -0.39 is 24.1 Å². The van der Waals surface area contributed by atoms with Crippen molar-refractivity contribution in [2.24, 2.45) is 5.92 Å². The topological polar surface area (TPSA) is 101 Å². The Kier molecular flexibility index (Phi) is 3.96. The lowest BCUT2D eigenvalue weighted by molar-refractivity contribution is -0.141. The Labute approximate surface area is 111 Å². The maximum atomic E-state index is 12.4. The number of aliphatic carboxylic acids is 1. The van der Waals surface area contributed by atoms with Crippen LogP contribution in [-0.2, 0) is 4.79 Å². The van der Waals surface area contributed by atoms with Crippen molar-refractivity contribution < 1.29 is 24.9 Å². The summed E-state index contributed by atoms with van der Waals surface area (Å²) < 4.78 is 0. The first-order chi connectivity index (χ1) is 8.95. The van der Waals surface area contributed by atoms with Gasteiger partial charge < -0.3 is 25.1 Å². The highest BCUT2D eigenvalue weighted by Crippen LogP contribution is 2.27. The molecule has 7 heteroatoms. The van der Waals surface area contributed by atoms with E-state index in [2.05, 4.69) is 0 Å². The third kappa shape index (κ3) is 2.52. The fraction of sp³-hybridized carbons (Fsp3) is 0.833. The van der Waals surface area contributed by atoms with Gasteiger partial charge in [0.1, 0.15) is 6.04 Å². The van der Waals surface area contributed by atoms with Gasteiger partial charge in [-0.1, -0.05) is 6.92 Å². The molecule has 0 aromatic heterocycles. The standard InChI is InChI=1S/C12H20N2O5/c1-7-2-3-13(10(7)6-15)12(19)14-5-8(16)4-9(14)11(17)18/h7-10,15-16H,2-6H2,1H3,(H,17,18)/t7?,8?,9-,10?/m0/s1. The molecule has 0 radical (unpaired) electrons. The van der Waals surface area contributed by atoms with Crippen LogP contribution in [0.1, 0.15) is 19.8 Å². The lowest BCUT2D eigenvalue weighted by Crippen LogP contribution is -2.51. The van der Waals surface area contributed by atoms with Crippen LogP contribution in [0.2, 0.25) is 0 Å². The average Bonchev–Trinajstić information content (AvgIpc) is 2.91. The van der Waals surface area contributed by atoms with Gasteiger partial charge in [0.05, 0.1) is 18.8 Å². The molecule has 3 N–H and O–H groups in total. The number of carbonyl (C=O) groups excluding carboxylic acids is 1. The summed E-state index contributed by atoms with van der Waals surface area (Å²) in [7, 11) is 0. The number of urea groups is 1. The number of aliphatic hydroxyl groups excluding tert-OH is 2. The van der Waals surface area contributed by atoms with Crippen molar-refractivity contribution in [3.8, 4) is 0 Å². The summed E-state index contributed by atoms with van der Waals surface area (Å²) in [5.74, 6) is -0.901. The maximum absolute atomic E-state index is 12.4. The smallest absolute Gasteiger partial charge is 0.326 e. The zero-order valence-electron chi connectivity index (χ0n) is 10.9. The van der Waals surface area contributed by atoms with Crippen molar-refractivity contribution in [2.45, 2.75) is 38.0 Å². The van der Waals surface area contributed by atoms with Crippen molar-refractivity contribution in [2.75, 3.05) is 19.7 Å². The molecule has 0 spiro atoms. The van der Waals surface area contributed by atoms with Gasteiger partial charge in [-0.3, -0.25) is 0 Å². The minimum Gasteiger partial charge on any atom is -0.480 e. The Balaban J connectivity index is 2.12. The van der Waals surface area contributed by atoms with Crippen LogP contribution in [0.15, 0.2) is 0 Å².